The molecule has 0 unspecified atom stereocenters. The van der Waals surface area contributed by atoms with Gasteiger partial charge in [0.05, 0.1) is 5.75 Å². The molecule has 0 spiro atoms. The van der Waals surface area contributed by atoms with Crippen LogP contribution in [0.3, 0.4) is 0 Å². The third kappa shape index (κ3) is 3.94. The highest BCUT2D eigenvalue weighted by Gasteiger charge is 2.12. The number of fused-ring (bicyclic) bond motifs is 2. The van der Waals surface area contributed by atoms with Crippen LogP contribution in [0.25, 0.3) is 10.8 Å². The highest BCUT2D eigenvalue weighted by atomic mass is 32.2. The van der Waals surface area contributed by atoms with Gasteiger partial charge in [0, 0.05) is 11.4 Å². The van der Waals surface area contributed by atoms with E-state index >= 15 is 0 Å². The van der Waals surface area contributed by atoms with Gasteiger partial charge >= 0.3 is 0 Å². The van der Waals surface area contributed by atoms with Crippen molar-refractivity contribution in [1.82, 2.24) is 5.32 Å². The van der Waals surface area contributed by atoms with Gasteiger partial charge in [-0.2, -0.15) is 0 Å². The fraction of sp³-hybridized carbons (Fsp3) is 0.190. The summed E-state index contributed by atoms with van der Waals surface area (Å²) >= 11 is 1.54. The van der Waals surface area contributed by atoms with Gasteiger partial charge in [-0.15, -0.1) is 11.8 Å². The summed E-state index contributed by atoms with van der Waals surface area (Å²) in [6.07, 6.45) is 0. The van der Waals surface area contributed by atoms with E-state index < -0.39 is 0 Å². The third-order valence-corrected chi connectivity index (χ3v) is 5.18. The van der Waals surface area contributed by atoms with E-state index in [1.807, 2.05) is 30.3 Å². The molecule has 1 heterocycles. The van der Waals surface area contributed by atoms with Crippen LogP contribution in [0.2, 0.25) is 0 Å². The van der Waals surface area contributed by atoms with Gasteiger partial charge in [-0.1, -0.05) is 36.4 Å². The van der Waals surface area contributed by atoms with Crippen LogP contribution in [0.15, 0.2) is 65.6 Å². The minimum Gasteiger partial charge on any atom is -0.486 e. The monoisotopic (exact) mass is 365 g/mol. The summed E-state index contributed by atoms with van der Waals surface area (Å²) in [6, 6.07) is 20.2. The SMILES string of the molecule is O=C(CSc1ccc2ccccc2c1)NCc1ccc2c(c1)OCCO2. The average molecular weight is 365 g/mol. The number of hydrogen-bond donors (Lipinski definition) is 1. The molecule has 132 valence electrons. The van der Waals surface area contributed by atoms with E-state index in [-0.39, 0.29) is 5.91 Å². The Balaban J connectivity index is 1.31. The van der Waals surface area contributed by atoms with Crippen LogP contribution >= 0.6 is 11.8 Å². The number of carbonyl (C=O) groups is 1. The second kappa shape index (κ2) is 7.70. The number of nitrogens with one attached hydrogen (secondary N) is 1. The highest BCUT2D eigenvalue weighted by Crippen LogP contribution is 2.30. The normalized spacial score (nSPS) is 12.8. The maximum absolute atomic E-state index is 12.2. The largest absolute Gasteiger partial charge is 0.486 e. The summed E-state index contributed by atoms with van der Waals surface area (Å²) in [5.41, 5.74) is 0.998. The summed E-state index contributed by atoms with van der Waals surface area (Å²) < 4.78 is 11.1. The molecule has 3 aromatic rings. The van der Waals surface area contributed by atoms with Crippen LogP contribution in [-0.2, 0) is 11.3 Å². The Labute approximate surface area is 156 Å². The number of rotatable bonds is 5. The number of thioether (sulfide) groups is 1. The maximum Gasteiger partial charge on any atom is 0.230 e. The van der Waals surface area contributed by atoms with Gasteiger partial charge in [-0.25, -0.2) is 0 Å². The Morgan fingerprint density at radius 3 is 2.62 bits per heavy atom. The number of hydrogen-bond acceptors (Lipinski definition) is 4. The average Bonchev–Trinajstić information content (AvgIpc) is 2.70. The fourth-order valence-electron chi connectivity index (χ4n) is 2.86. The first kappa shape index (κ1) is 16.8. The molecule has 4 rings (SSSR count). The van der Waals surface area contributed by atoms with E-state index in [2.05, 4.69) is 35.6 Å². The van der Waals surface area contributed by atoms with Crippen molar-refractivity contribution in [2.24, 2.45) is 0 Å². The van der Waals surface area contributed by atoms with Gasteiger partial charge < -0.3 is 14.8 Å². The van der Waals surface area contributed by atoms with Crippen LogP contribution in [0.1, 0.15) is 5.56 Å². The smallest absolute Gasteiger partial charge is 0.230 e. The van der Waals surface area contributed by atoms with Crippen LogP contribution < -0.4 is 14.8 Å². The molecule has 1 aliphatic heterocycles. The quantitative estimate of drug-likeness (QED) is 0.694. The number of benzene rings is 3. The van der Waals surface area contributed by atoms with E-state index in [1.165, 1.54) is 10.8 Å². The Hall–Kier alpha value is -2.66. The lowest BCUT2D eigenvalue weighted by Crippen LogP contribution is -2.24. The zero-order valence-corrected chi connectivity index (χ0v) is 15.1. The summed E-state index contributed by atoms with van der Waals surface area (Å²) in [4.78, 5) is 13.2. The Bertz CT molecular complexity index is 941. The van der Waals surface area contributed by atoms with Gasteiger partial charge in [-0.3, -0.25) is 4.79 Å². The van der Waals surface area contributed by atoms with E-state index in [0.29, 0.717) is 25.5 Å². The summed E-state index contributed by atoms with van der Waals surface area (Å²) in [7, 11) is 0. The van der Waals surface area contributed by atoms with E-state index in [4.69, 9.17) is 9.47 Å². The first-order valence-corrected chi connectivity index (χ1v) is 9.53. The van der Waals surface area contributed by atoms with Crippen molar-refractivity contribution in [2.45, 2.75) is 11.4 Å². The maximum atomic E-state index is 12.2. The minimum absolute atomic E-state index is 0.0121. The Morgan fingerprint density at radius 1 is 0.923 bits per heavy atom. The molecule has 0 atom stereocenters. The summed E-state index contributed by atoms with van der Waals surface area (Å²) in [6.45, 7) is 1.62. The summed E-state index contributed by atoms with van der Waals surface area (Å²) in [5, 5.41) is 5.35. The molecule has 0 aromatic heterocycles. The van der Waals surface area contributed by atoms with Crippen LogP contribution in [0.4, 0.5) is 0 Å². The predicted molar refractivity (Wildman–Crippen MR) is 104 cm³/mol. The number of carbonyl (C=O) groups excluding carboxylic acids is 1. The molecule has 1 amide bonds. The van der Waals surface area contributed by atoms with Crippen molar-refractivity contribution in [2.75, 3.05) is 19.0 Å². The van der Waals surface area contributed by atoms with Gasteiger partial charge in [0.15, 0.2) is 11.5 Å². The number of ether oxygens (including phenoxy) is 2. The molecule has 0 saturated heterocycles. The molecule has 0 bridgehead atoms. The van der Waals surface area contributed by atoms with Crippen molar-refractivity contribution in [3.05, 3.63) is 66.2 Å². The zero-order valence-electron chi connectivity index (χ0n) is 14.2. The second-order valence-corrected chi connectivity index (χ2v) is 7.10. The Morgan fingerprint density at radius 2 is 1.73 bits per heavy atom. The van der Waals surface area contributed by atoms with Crippen molar-refractivity contribution < 1.29 is 14.3 Å². The lowest BCUT2D eigenvalue weighted by Gasteiger charge is -2.19. The first-order valence-electron chi connectivity index (χ1n) is 8.55. The Kier molecular flexibility index (Phi) is 4.97. The molecule has 1 N–H and O–H groups in total. The van der Waals surface area contributed by atoms with Crippen LogP contribution in [0, 0.1) is 0 Å². The molecule has 0 aliphatic carbocycles. The molecular formula is C21H19NO3S. The van der Waals surface area contributed by atoms with Gasteiger partial charge in [0.25, 0.3) is 0 Å². The van der Waals surface area contributed by atoms with Gasteiger partial charge in [0.1, 0.15) is 13.2 Å². The van der Waals surface area contributed by atoms with Crippen molar-refractivity contribution in [3.63, 3.8) is 0 Å². The zero-order chi connectivity index (χ0) is 17.8. The fourth-order valence-corrected chi connectivity index (χ4v) is 3.63. The van der Waals surface area contributed by atoms with E-state index in [0.717, 1.165) is 22.0 Å². The second-order valence-electron chi connectivity index (χ2n) is 6.05. The molecule has 0 saturated carbocycles. The van der Waals surface area contributed by atoms with Crippen LogP contribution in [-0.4, -0.2) is 24.9 Å². The molecule has 3 aromatic carbocycles. The highest BCUT2D eigenvalue weighted by molar-refractivity contribution is 8.00. The molecule has 0 radical (unpaired) electrons. The van der Waals surface area contributed by atoms with E-state index in [9.17, 15) is 4.79 Å². The first-order chi connectivity index (χ1) is 12.8. The predicted octanol–water partition coefficient (Wildman–Crippen LogP) is 4.02. The van der Waals surface area contributed by atoms with Crippen LogP contribution in [0.5, 0.6) is 11.5 Å². The molecule has 4 nitrogen and oxygen atoms in total. The number of amides is 1. The standard InChI is InChI=1S/C21H19NO3S/c23-21(14-26-18-7-6-16-3-1-2-4-17(16)12-18)22-13-15-5-8-19-20(11-15)25-10-9-24-19/h1-8,11-12H,9-10,13-14H2,(H,22,23). The molecule has 0 fully saturated rings. The molecule has 1 aliphatic rings. The van der Waals surface area contributed by atoms with E-state index in [1.54, 1.807) is 11.8 Å². The van der Waals surface area contributed by atoms with Crippen molar-refractivity contribution >= 4 is 28.4 Å². The van der Waals surface area contributed by atoms with Crippen molar-refractivity contribution in [1.29, 1.82) is 0 Å². The third-order valence-electron chi connectivity index (χ3n) is 4.19. The minimum atomic E-state index is 0.0121. The molecular weight excluding hydrogens is 346 g/mol. The van der Waals surface area contributed by atoms with Gasteiger partial charge in [-0.05, 0) is 40.6 Å². The van der Waals surface area contributed by atoms with Gasteiger partial charge in [0.2, 0.25) is 5.91 Å². The van der Waals surface area contributed by atoms with Crippen molar-refractivity contribution in [3.8, 4) is 11.5 Å². The lowest BCUT2D eigenvalue weighted by atomic mass is 10.1. The molecule has 26 heavy (non-hydrogen) atoms. The topological polar surface area (TPSA) is 47.6 Å². The molecule has 5 heteroatoms. The summed E-state index contributed by atoms with van der Waals surface area (Å²) in [5.74, 6) is 1.91. The lowest BCUT2D eigenvalue weighted by molar-refractivity contribution is -0.118.